The smallest absolute Gasteiger partial charge is 0.223 e. The van der Waals surface area contributed by atoms with Crippen molar-refractivity contribution in [3.8, 4) is 0 Å². The van der Waals surface area contributed by atoms with Crippen molar-refractivity contribution in [3.63, 3.8) is 0 Å². The molecule has 4 nitrogen and oxygen atoms in total. The average Bonchev–Trinajstić information content (AvgIpc) is 2.82. The van der Waals surface area contributed by atoms with Gasteiger partial charge in [0.25, 0.3) is 0 Å². The fourth-order valence-electron chi connectivity index (χ4n) is 4.09. The molecule has 4 unspecified atom stereocenters. The van der Waals surface area contributed by atoms with Crippen LogP contribution in [0.25, 0.3) is 0 Å². The van der Waals surface area contributed by atoms with Gasteiger partial charge in [-0.15, -0.1) is 0 Å². The first-order valence-electron chi connectivity index (χ1n) is 8.02. The Kier molecular flexibility index (Phi) is 4.08. The van der Waals surface area contributed by atoms with Gasteiger partial charge in [0.2, 0.25) is 5.91 Å². The second-order valence-corrected chi connectivity index (χ2v) is 6.58. The maximum absolute atomic E-state index is 12.4. The van der Waals surface area contributed by atoms with Gasteiger partial charge in [-0.3, -0.25) is 9.69 Å². The summed E-state index contributed by atoms with van der Waals surface area (Å²) in [5, 5.41) is 6.78. The van der Waals surface area contributed by atoms with Crippen LogP contribution in [0.4, 0.5) is 0 Å². The fourth-order valence-corrected chi connectivity index (χ4v) is 4.09. The molecule has 3 saturated heterocycles. The Hall–Kier alpha value is -0.610. The lowest BCUT2D eigenvalue weighted by Crippen LogP contribution is -2.50. The minimum Gasteiger partial charge on any atom is -0.352 e. The summed E-state index contributed by atoms with van der Waals surface area (Å²) in [6, 6.07) is 1.52. The Morgan fingerprint density at radius 3 is 2.95 bits per heavy atom. The third-order valence-electron chi connectivity index (χ3n) is 5.18. The van der Waals surface area contributed by atoms with Crippen LogP contribution in [0.15, 0.2) is 0 Å². The summed E-state index contributed by atoms with van der Waals surface area (Å²) in [5.74, 6) is 0.541. The first kappa shape index (κ1) is 13.4. The third kappa shape index (κ3) is 2.95. The predicted octanol–water partition coefficient (Wildman–Crippen LogP) is 1.12. The van der Waals surface area contributed by atoms with Crippen LogP contribution in [0.3, 0.4) is 0 Å². The Morgan fingerprint density at radius 1 is 1.21 bits per heavy atom. The first-order valence-corrected chi connectivity index (χ1v) is 8.02. The molecular weight excluding hydrogens is 238 g/mol. The number of piperidine rings is 2. The molecule has 19 heavy (non-hydrogen) atoms. The number of hydrogen-bond acceptors (Lipinski definition) is 3. The predicted molar refractivity (Wildman–Crippen MR) is 75.9 cm³/mol. The Morgan fingerprint density at radius 2 is 2.11 bits per heavy atom. The van der Waals surface area contributed by atoms with E-state index in [1.54, 1.807) is 0 Å². The van der Waals surface area contributed by atoms with Crippen molar-refractivity contribution in [2.24, 2.45) is 5.92 Å². The lowest BCUT2D eigenvalue weighted by atomic mass is 9.91. The molecule has 108 valence electrons. The van der Waals surface area contributed by atoms with Crippen LogP contribution in [0.2, 0.25) is 0 Å². The van der Waals surface area contributed by atoms with Gasteiger partial charge in [-0.2, -0.15) is 0 Å². The van der Waals surface area contributed by atoms with E-state index in [9.17, 15) is 4.79 Å². The lowest BCUT2D eigenvalue weighted by molar-refractivity contribution is -0.127. The van der Waals surface area contributed by atoms with Crippen LogP contribution in [-0.2, 0) is 4.79 Å². The van der Waals surface area contributed by atoms with Gasteiger partial charge in [0.1, 0.15) is 0 Å². The minimum atomic E-state index is 0.230. The van der Waals surface area contributed by atoms with Crippen LogP contribution in [0.5, 0.6) is 0 Å². The number of hydrogen-bond donors (Lipinski definition) is 2. The van der Waals surface area contributed by atoms with Crippen LogP contribution >= 0.6 is 0 Å². The molecule has 0 aromatic heterocycles. The van der Waals surface area contributed by atoms with Crippen LogP contribution in [0, 0.1) is 5.92 Å². The number of rotatable bonds is 2. The normalized spacial score (nSPS) is 39.8. The molecule has 0 aromatic rings. The van der Waals surface area contributed by atoms with E-state index >= 15 is 0 Å². The minimum absolute atomic E-state index is 0.230. The number of fused-ring (bicyclic) bond motifs is 1. The molecule has 3 aliphatic rings. The van der Waals surface area contributed by atoms with E-state index in [0.29, 0.717) is 24.0 Å². The highest BCUT2D eigenvalue weighted by molar-refractivity contribution is 5.79. The summed E-state index contributed by atoms with van der Waals surface area (Å²) in [4.78, 5) is 15.0. The van der Waals surface area contributed by atoms with E-state index in [-0.39, 0.29) is 5.92 Å². The van der Waals surface area contributed by atoms with E-state index in [2.05, 4.69) is 22.5 Å². The van der Waals surface area contributed by atoms with E-state index < -0.39 is 0 Å². The monoisotopic (exact) mass is 265 g/mol. The molecule has 3 aliphatic heterocycles. The van der Waals surface area contributed by atoms with Crippen molar-refractivity contribution in [2.45, 2.75) is 63.6 Å². The Bertz CT molecular complexity index is 333. The van der Waals surface area contributed by atoms with Crippen LogP contribution < -0.4 is 10.6 Å². The number of carbonyl (C=O) groups excluding carboxylic acids is 1. The molecule has 1 amide bonds. The van der Waals surface area contributed by atoms with Crippen LogP contribution in [-0.4, -0.2) is 48.6 Å². The fraction of sp³-hybridized carbons (Fsp3) is 0.933. The van der Waals surface area contributed by atoms with Crippen molar-refractivity contribution in [2.75, 3.05) is 19.6 Å². The Labute approximate surface area is 116 Å². The number of nitrogens with zero attached hydrogens (tertiary/aromatic N) is 1. The van der Waals surface area contributed by atoms with Gasteiger partial charge in [-0.25, -0.2) is 0 Å². The standard InChI is InChI=1S/C15H27N3O/c1-11-10-12(5-7-16-11)15(19)17-13-6-9-18-8-3-2-4-14(13)18/h11-14,16H,2-10H2,1H3,(H,17,19). The maximum atomic E-state index is 12.4. The van der Waals surface area contributed by atoms with Gasteiger partial charge < -0.3 is 10.6 Å². The van der Waals surface area contributed by atoms with Crippen molar-refractivity contribution in [1.29, 1.82) is 0 Å². The molecule has 0 radical (unpaired) electrons. The zero-order valence-corrected chi connectivity index (χ0v) is 12.0. The molecule has 0 aliphatic carbocycles. The second kappa shape index (κ2) is 5.80. The van der Waals surface area contributed by atoms with Crippen molar-refractivity contribution >= 4 is 5.91 Å². The summed E-state index contributed by atoms with van der Waals surface area (Å²) >= 11 is 0. The molecule has 0 bridgehead atoms. The molecule has 3 fully saturated rings. The molecular formula is C15H27N3O. The molecule has 4 heteroatoms. The van der Waals surface area contributed by atoms with E-state index in [0.717, 1.165) is 25.8 Å². The summed E-state index contributed by atoms with van der Waals surface area (Å²) in [5.41, 5.74) is 0. The van der Waals surface area contributed by atoms with E-state index in [1.165, 1.54) is 32.4 Å². The summed E-state index contributed by atoms with van der Waals surface area (Å²) < 4.78 is 0. The SMILES string of the molecule is CC1CC(C(=O)NC2CCN3CCCCC23)CCN1. The number of carbonyl (C=O) groups is 1. The second-order valence-electron chi connectivity index (χ2n) is 6.58. The van der Waals surface area contributed by atoms with Crippen LogP contribution in [0.1, 0.15) is 45.4 Å². The van der Waals surface area contributed by atoms with E-state index in [4.69, 9.17) is 0 Å². The van der Waals surface area contributed by atoms with Gasteiger partial charge in [-0.1, -0.05) is 6.42 Å². The molecule has 3 rings (SSSR count). The number of amides is 1. The zero-order chi connectivity index (χ0) is 13.2. The highest BCUT2D eigenvalue weighted by Gasteiger charge is 2.37. The Balaban J connectivity index is 1.54. The summed E-state index contributed by atoms with van der Waals surface area (Å²) in [6.45, 7) is 5.58. The first-order chi connectivity index (χ1) is 9.24. The molecule has 2 N–H and O–H groups in total. The topological polar surface area (TPSA) is 44.4 Å². The van der Waals surface area contributed by atoms with Crippen molar-refractivity contribution in [3.05, 3.63) is 0 Å². The quantitative estimate of drug-likeness (QED) is 0.786. The average molecular weight is 265 g/mol. The largest absolute Gasteiger partial charge is 0.352 e. The highest BCUT2D eigenvalue weighted by Crippen LogP contribution is 2.27. The molecule has 0 saturated carbocycles. The molecule has 3 heterocycles. The van der Waals surface area contributed by atoms with Gasteiger partial charge >= 0.3 is 0 Å². The molecule has 0 spiro atoms. The number of nitrogens with one attached hydrogen (secondary N) is 2. The lowest BCUT2D eigenvalue weighted by Gasteiger charge is -2.34. The third-order valence-corrected chi connectivity index (χ3v) is 5.18. The van der Waals surface area contributed by atoms with Gasteiger partial charge in [-0.05, 0) is 52.1 Å². The van der Waals surface area contributed by atoms with Crippen molar-refractivity contribution in [1.82, 2.24) is 15.5 Å². The summed E-state index contributed by atoms with van der Waals surface area (Å²) in [6.07, 6.45) is 7.08. The molecule has 0 aromatic carbocycles. The van der Waals surface area contributed by atoms with Gasteiger partial charge in [0.05, 0.1) is 0 Å². The maximum Gasteiger partial charge on any atom is 0.223 e. The summed E-state index contributed by atoms with van der Waals surface area (Å²) in [7, 11) is 0. The van der Waals surface area contributed by atoms with Gasteiger partial charge in [0.15, 0.2) is 0 Å². The van der Waals surface area contributed by atoms with Crippen molar-refractivity contribution < 1.29 is 4.79 Å². The van der Waals surface area contributed by atoms with Gasteiger partial charge in [0, 0.05) is 30.6 Å². The molecule has 4 atom stereocenters. The highest BCUT2D eigenvalue weighted by atomic mass is 16.2. The zero-order valence-electron chi connectivity index (χ0n) is 12.0. The van der Waals surface area contributed by atoms with E-state index in [1.807, 2.05) is 0 Å².